The lowest BCUT2D eigenvalue weighted by molar-refractivity contribution is -0.144. The fourth-order valence-corrected chi connectivity index (χ4v) is 7.73. The lowest BCUT2D eigenvalue weighted by atomic mass is 9.79. The molecule has 2 rings (SSSR count). The van der Waals surface area contributed by atoms with E-state index < -0.39 is 12.1 Å². The van der Waals surface area contributed by atoms with Gasteiger partial charge >= 0.3 is 5.97 Å². The van der Waals surface area contributed by atoms with Crippen LogP contribution in [0.4, 0.5) is 0 Å². The van der Waals surface area contributed by atoms with E-state index in [4.69, 9.17) is 9.47 Å². The zero-order valence-corrected chi connectivity index (χ0v) is 30.9. The SMILES string of the molecule is CC(=O)OCC(O)COc1c(C(C)(C)C)ccc(SC(C)(C)Sc2cc(C(C)(C)C)c(O)c(C(C)(C)C)c2)c1C(C)(C)C. The van der Waals surface area contributed by atoms with E-state index in [-0.39, 0.29) is 39.0 Å². The molecule has 0 aliphatic heterocycles. The second-order valence-corrected chi connectivity index (χ2v) is 19.7. The van der Waals surface area contributed by atoms with Crippen LogP contribution in [0, 0.1) is 0 Å². The van der Waals surface area contributed by atoms with Crippen molar-refractivity contribution in [1.82, 2.24) is 0 Å². The van der Waals surface area contributed by atoms with Crippen LogP contribution in [0.25, 0.3) is 0 Å². The van der Waals surface area contributed by atoms with Crippen molar-refractivity contribution >= 4 is 29.5 Å². The maximum absolute atomic E-state index is 11.3. The van der Waals surface area contributed by atoms with E-state index >= 15 is 0 Å². The number of carbonyl (C=O) groups is 1. The molecule has 1 unspecified atom stereocenters. The van der Waals surface area contributed by atoms with Gasteiger partial charge in [0.15, 0.2) is 0 Å². The molecule has 0 amide bonds. The minimum absolute atomic E-state index is 0.0182. The summed E-state index contributed by atoms with van der Waals surface area (Å²) in [6, 6.07) is 8.63. The smallest absolute Gasteiger partial charge is 0.302 e. The number of hydrogen-bond donors (Lipinski definition) is 2. The normalized spacial score (nSPS) is 14.0. The number of ether oxygens (including phenoxy) is 2. The van der Waals surface area contributed by atoms with Crippen LogP contribution in [0.1, 0.15) is 126 Å². The number of esters is 1. The van der Waals surface area contributed by atoms with Crippen LogP contribution in [0.15, 0.2) is 34.1 Å². The lowest BCUT2D eigenvalue weighted by Crippen LogP contribution is -2.27. The molecule has 0 aromatic heterocycles. The summed E-state index contributed by atoms with van der Waals surface area (Å²) in [5.74, 6) is 0.739. The quantitative estimate of drug-likeness (QED) is 0.162. The van der Waals surface area contributed by atoms with E-state index in [9.17, 15) is 15.0 Å². The molecule has 7 heteroatoms. The summed E-state index contributed by atoms with van der Waals surface area (Å²) in [4.78, 5) is 13.5. The molecule has 0 bridgehead atoms. The first-order valence-electron chi connectivity index (χ1n) is 15.1. The van der Waals surface area contributed by atoms with Crippen molar-refractivity contribution in [3.63, 3.8) is 0 Å². The molecule has 0 aliphatic carbocycles. The van der Waals surface area contributed by atoms with Crippen molar-refractivity contribution in [2.45, 2.75) is 145 Å². The second kappa shape index (κ2) is 13.3. The molecule has 2 aromatic rings. The lowest BCUT2D eigenvalue weighted by Gasteiger charge is -2.34. The van der Waals surface area contributed by atoms with Gasteiger partial charge in [-0.05, 0) is 59.3 Å². The van der Waals surface area contributed by atoms with E-state index in [1.807, 2.05) is 0 Å². The summed E-state index contributed by atoms with van der Waals surface area (Å²) in [7, 11) is 0. The van der Waals surface area contributed by atoms with Gasteiger partial charge in [0.2, 0.25) is 0 Å². The molecule has 0 radical (unpaired) electrons. The number of carbonyl (C=O) groups excluding carboxylic acids is 1. The standard InChI is InChI=1S/C36H56O5S2/c1-22(37)40-20-23(38)21-41-31-25(32(2,3)4)16-17-28(29(31)35(11,12)13)43-36(14,15)42-24-18-26(33(5,6)7)30(39)27(19-24)34(8,9)10/h16-19,23,38-39H,20-21H2,1-15H3. The molecule has 2 aromatic carbocycles. The Morgan fingerprint density at radius 1 is 0.744 bits per heavy atom. The number of rotatable bonds is 9. The van der Waals surface area contributed by atoms with Gasteiger partial charge in [-0.15, -0.1) is 23.5 Å². The van der Waals surface area contributed by atoms with Gasteiger partial charge in [0.25, 0.3) is 0 Å². The molecule has 2 N–H and O–H groups in total. The molecule has 0 saturated heterocycles. The first kappa shape index (κ1) is 37.4. The highest BCUT2D eigenvalue weighted by molar-refractivity contribution is 8.18. The van der Waals surface area contributed by atoms with Crippen LogP contribution in [0.5, 0.6) is 11.5 Å². The first-order chi connectivity index (χ1) is 19.2. The van der Waals surface area contributed by atoms with E-state index in [2.05, 4.69) is 121 Å². The van der Waals surface area contributed by atoms with Crippen LogP contribution in [-0.2, 0) is 31.2 Å². The Morgan fingerprint density at radius 3 is 1.65 bits per heavy atom. The summed E-state index contributed by atoms with van der Waals surface area (Å²) < 4.78 is 11.2. The predicted molar refractivity (Wildman–Crippen MR) is 183 cm³/mol. The average Bonchev–Trinajstić information content (AvgIpc) is 2.78. The molecular weight excluding hydrogens is 577 g/mol. The number of aliphatic hydroxyl groups excluding tert-OH is 1. The van der Waals surface area contributed by atoms with Crippen molar-refractivity contribution in [3.8, 4) is 11.5 Å². The molecular formula is C36H56O5S2. The van der Waals surface area contributed by atoms with Gasteiger partial charge in [-0.25, -0.2) is 0 Å². The van der Waals surface area contributed by atoms with Crippen LogP contribution in [-0.4, -0.2) is 39.6 Å². The third kappa shape index (κ3) is 10.4. The van der Waals surface area contributed by atoms with Crippen molar-refractivity contribution in [2.24, 2.45) is 0 Å². The highest BCUT2D eigenvalue weighted by atomic mass is 32.2. The zero-order chi connectivity index (χ0) is 33.3. The molecule has 1 atom stereocenters. The van der Waals surface area contributed by atoms with Crippen LogP contribution < -0.4 is 4.74 Å². The van der Waals surface area contributed by atoms with E-state index in [1.54, 1.807) is 23.5 Å². The molecule has 0 heterocycles. The number of benzene rings is 2. The number of hydrogen-bond acceptors (Lipinski definition) is 7. The second-order valence-electron chi connectivity index (χ2n) is 16.1. The summed E-state index contributed by atoms with van der Waals surface area (Å²) in [5.41, 5.74) is 3.22. The van der Waals surface area contributed by atoms with Crippen LogP contribution >= 0.6 is 23.5 Å². The molecule has 0 saturated carbocycles. The molecule has 0 aliphatic rings. The number of aromatic hydroxyl groups is 1. The molecule has 5 nitrogen and oxygen atoms in total. The van der Waals surface area contributed by atoms with Crippen molar-refractivity contribution in [3.05, 3.63) is 46.5 Å². The maximum atomic E-state index is 11.3. The highest BCUT2D eigenvalue weighted by Gasteiger charge is 2.34. The van der Waals surface area contributed by atoms with Gasteiger partial charge in [0.05, 0.1) is 4.08 Å². The van der Waals surface area contributed by atoms with Gasteiger partial charge in [0.1, 0.15) is 30.8 Å². The summed E-state index contributed by atoms with van der Waals surface area (Å²) >= 11 is 3.59. The van der Waals surface area contributed by atoms with Gasteiger partial charge in [-0.2, -0.15) is 0 Å². The average molecular weight is 633 g/mol. The molecule has 242 valence electrons. The molecule has 0 spiro atoms. The van der Waals surface area contributed by atoms with E-state index in [1.165, 1.54) is 6.92 Å². The minimum atomic E-state index is -0.934. The number of phenols is 1. The van der Waals surface area contributed by atoms with E-state index in [0.717, 1.165) is 37.8 Å². The minimum Gasteiger partial charge on any atom is -0.507 e. The zero-order valence-electron chi connectivity index (χ0n) is 29.2. The Hall–Kier alpha value is -1.83. The van der Waals surface area contributed by atoms with E-state index in [0.29, 0.717) is 5.75 Å². The Morgan fingerprint density at radius 2 is 1.23 bits per heavy atom. The van der Waals surface area contributed by atoms with Gasteiger partial charge in [-0.1, -0.05) is 89.2 Å². The summed E-state index contributed by atoms with van der Waals surface area (Å²) in [5, 5.41) is 21.8. The van der Waals surface area contributed by atoms with Crippen LogP contribution in [0.2, 0.25) is 0 Å². The fourth-order valence-electron chi connectivity index (χ4n) is 4.92. The van der Waals surface area contributed by atoms with Gasteiger partial charge in [0, 0.05) is 33.4 Å². The number of phenolic OH excluding ortho intramolecular Hbond substituents is 1. The van der Waals surface area contributed by atoms with Crippen LogP contribution in [0.3, 0.4) is 0 Å². The fraction of sp³-hybridized carbons (Fsp3) is 0.639. The van der Waals surface area contributed by atoms with Gasteiger partial charge < -0.3 is 19.7 Å². The number of aliphatic hydroxyl groups is 1. The summed E-state index contributed by atoms with van der Waals surface area (Å²) in [6.07, 6.45) is -0.934. The monoisotopic (exact) mass is 632 g/mol. The topological polar surface area (TPSA) is 76.0 Å². The third-order valence-corrected chi connectivity index (χ3v) is 9.51. The van der Waals surface area contributed by atoms with Gasteiger partial charge in [-0.3, -0.25) is 4.79 Å². The Balaban J connectivity index is 2.61. The molecule has 0 fully saturated rings. The Kier molecular flexibility index (Phi) is 11.5. The Labute approximate surface area is 269 Å². The predicted octanol–water partition coefficient (Wildman–Crippen LogP) is 9.51. The highest BCUT2D eigenvalue weighted by Crippen LogP contribution is 2.52. The first-order valence-corrected chi connectivity index (χ1v) is 16.8. The largest absolute Gasteiger partial charge is 0.507 e. The maximum Gasteiger partial charge on any atom is 0.302 e. The summed E-state index contributed by atoms with van der Waals surface area (Å²) in [6.45, 7) is 31.6. The number of thioether (sulfide) groups is 2. The van der Waals surface area contributed by atoms with Crippen molar-refractivity contribution < 1.29 is 24.5 Å². The Bertz CT molecular complexity index is 1250. The van der Waals surface area contributed by atoms with Crippen molar-refractivity contribution in [1.29, 1.82) is 0 Å². The molecule has 43 heavy (non-hydrogen) atoms. The van der Waals surface area contributed by atoms with Crippen molar-refractivity contribution in [2.75, 3.05) is 13.2 Å². The third-order valence-electron chi connectivity index (χ3n) is 7.00.